The molecule has 1 heterocycles. The predicted molar refractivity (Wildman–Crippen MR) is 75.5 cm³/mol. The van der Waals surface area contributed by atoms with Gasteiger partial charge in [-0.05, 0) is 30.7 Å². The number of hydrogen-bond donors (Lipinski definition) is 2. The molecule has 106 valence electrons. The van der Waals surface area contributed by atoms with Crippen LogP contribution < -0.4 is 10.0 Å². The maximum atomic E-state index is 12.2. The molecule has 2 atom stereocenters. The summed E-state index contributed by atoms with van der Waals surface area (Å²) < 4.78 is 27.0. The van der Waals surface area contributed by atoms with E-state index in [1.807, 2.05) is 0 Å². The van der Waals surface area contributed by atoms with Gasteiger partial charge in [0.05, 0.1) is 4.90 Å². The first-order valence-electron chi connectivity index (χ1n) is 6.64. The molecule has 0 saturated heterocycles. The van der Waals surface area contributed by atoms with Crippen molar-refractivity contribution in [3.8, 4) is 0 Å². The van der Waals surface area contributed by atoms with Gasteiger partial charge in [-0.15, -0.1) is 0 Å². The van der Waals surface area contributed by atoms with Crippen LogP contribution in [-0.4, -0.2) is 27.0 Å². The molecule has 1 fully saturated rings. The van der Waals surface area contributed by atoms with Gasteiger partial charge in [-0.3, -0.25) is 0 Å². The van der Waals surface area contributed by atoms with Gasteiger partial charge in [-0.2, -0.15) is 0 Å². The second-order valence-corrected chi connectivity index (χ2v) is 7.03. The number of rotatable bonds is 5. The molecular formula is C13H21N3O2S. The minimum atomic E-state index is -3.43. The predicted octanol–water partition coefficient (Wildman–Crippen LogP) is 1.84. The van der Waals surface area contributed by atoms with Crippen molar-refractivity contribution in [1.82, 2.24) is 9.71 Å². The van der Waals surface area contributed by atoms with Crippen LogP contribution in [-0.2, 0) is 10.0 Å². The van der Waals surface area contributed by atoms with Crippen molar-refractivity contribution in [2.75, 3.05) is 18.9 Å². The summed E-state index contributed by atoms with van der Waals surface area (Å²) in [6, 6.07) is 3.06. The van der Waals surface area contributed by atoms with Gasteiger partial charge in [-0.1, -0.05) is 13.3 Å². The smallest absolute Gasteiger partial charge is 0.240 e. The van der Waals surface area contributed by atoms with Crippen LogP contribution in [0.25, 0.3) is 0 Å². The minimum Gasteiger partial charge on any atom is -0.373 e. The summed E-state index contributed by atoms with van der Waals surface area (Å²) in [4.78, 5) is 4.28. The highest BCUT2D eigenvalue weighted by molar-refractivity contribution is 7.89. The molecule has 0 bridgehead atoms. The number of anilines is 1. The van der Waals surface area contributed by atoms with E-state index in [1.54, 1.807) is 13.1 Å². The Morgan fingerprint density at radius 1 is 1.42 bits per heavy atom. The second kappa shape index (κ2) is 5.88. The lowest BCUT2D eigenvalue weighted by atomic mass is 10.1. The van der Waals surface area contributed by atoms with Crippen LogP contribution >= 0.6 is 0 Å². The Kier molecular flexibility index (Phi) is 4.42. The number of hydrogen-bond acceptors (Lipinski definition) is 4. The standard InChI is InChI=1S/C13H21N3O2S/c1-10-3-4-11(7-10)9-16-19(17,18)12-5-6-15-13(8-12)14-2/h5-6,8,10-11,16H,3-4,7,9H2,1-2H3,(H,14,15). The van der Waals surface area contributed by atoms with Gasteiger partial charge in [0, 0.05) is 25.9 Å². The van der Waals surface area contributed by atoms with E-state index in [9.17, 15) is 8.42 Å². The molecule has 1 aromatic rings. The van der Waals surface area contributed by atoms with Gasteiger partial charge >= 0.3 is 0 Å². The SMILES string of the molecule is CNc1cc(S(=O)(=O)NCC2CCC(C)C2)ccn1. The average Bonchev–Trinajstić information content (AvgIpc) is 2.82. The Hall–Kier alpha value is -1.14. The zero-order chi connectivity index (χ0) is 13.9. The number of nitrogens with zero attached hydrogens (tertiary/aromatic N) is 1. The zero-order valence-corrected chi connectivity index (χ0v) is 12.2. The third-order valence-corrected chi connectivity index (χ3v) is 5.08. The van der Waals surface area contributed by atoms with Crippen molar-refractivity contribution in [3.63, 3.8) is 0 Å². The highest BCUT2D eigenvalue weighted by atomic mass is 32.2. The molecule has 2 unspecified atom stereocenters. The largest absolute Gasteiger partial charge is 0.373 e. The maximum Gasteiger partial charge on any atom is 0.240 e. The van der Waals surface area contributed by atoms with Crippen LogP contribution in [0, 0.1) is 11.8 Å². The summed E-state index contributed by atoms with van der Waals surface area (Å²) in [6.07, 6.45) is 4.92. The highest BCUT2D eigenvalue weighted by Gasteiger charge is 2.23. The monoisotopic (exact) mass is 283 g/mol. The first-order chi connectivity index (χ1) is 9.01. The van der Waals surface area contributed by atoms with Crippen LogP contribution in [0.5, 0.6) is 0 Å². The molecule has 6 heteroatoms. The summed E-state index contributed by atoms with van der Waals surface area (Å²) in [7, 11) is -1.71. The molecule has 1 aliphatic carbocycles. The molecule has 1 aliphatic rings. The fourth-order valence-corrected chi connectivity index (χ4v) is 3.66. The summed E-state index contributed by atoms with van der Waals surface area (Å²) in [5.41, 5.74) is 0. The first-order valence-corrected chi connectivity index (χ1v) is 8.13. The number of nitrogens with one attached hydrogen (secondary N) is 2. The van der Waals surface area contributed by atoms with Crippen molar-refractivity contribution in [2.24, 2.45) is 11.8 Å². The van der Waals surface area contributed by atoms with Gasteiger partial charge in [0.2, 0.25) is 10.0 Å². The maximum absolute atomic E-state index is 12.2. The molecule has 0 radical (unpaired) electrons. The molecule has 0 spiro atoms. The number of aromatic nitrogens is 1. The summed E-state index contributed by atoms with van der Waals surface area (Å²) in [6.45, 7) is 2.75. The topological polar surface area (TPSA) is 71.1 Å². The van der Waals surface area contributed by atoms with Crippen molar-refractivity contribution >= 4 is 15.8 Å². The first kappa shape index (κ1) is 14.3. The lowest BCUT2D eigenvalue weighted by Crippen LogP contribution is -2.28. The molecular weight excluding hydrogens is 262 g/mol. The van der Waals surface area contributed by atoms with Gasteiger partial charge in [0.1, 0.15) is 5.82 Å². The number of sulfonamides is 1. The molecule has 1 aromatic heterocycles. The fraction of sp³-hybridized carbons (Fsp3) is 0.615. The fourth-order valence-electron chi connectivity index (χ4n) is 2.54. The van der Waals surface area contributed by atoms with Crippen LogP contribution in [0.4, 0.5) is 5.82 Å². The molecule has 5 nitrogen and oxygen atoms in total. The third kappa shape index (κ3) is 3.67. The van der Waals surface area contributed by atoms with Crippen molar-refractivity contribution in [1.29, 1.82) is 0 Å². The molecule has 19 heavy (non-hydrogen) atoms. The summed E-state index contributed by atoms with van der Waals surface area (Å²) in [5, 5.41) is 2.84. The number of pyridine rings is 1. The Labute approximate surface area is 114 Å². The molecule has 0 aromatic carbocycles. The van der Waals surface area contributed by atoms with Crippen molar-refractivity contribution < 1.29 is 8.42 Å². The molecule has 2 N–H and O–H groups in total. The van der Waals surface area contributed by atoms with Crippen molar-refractivity contribution in [3.05, 3.63) is 18.3 Å². The van der Waals surface area contributed by atoms with Gasteiger partial charge in [0.15, 0.2) is 0 Å². The molecule has 0 aliphatic heterocycles. The van der Waals surface area contributed by atoms with E-state index in [4.69, 9.17) is 0 Å². The van der Waals surface area contributed by atoms with E-state index in [0.29, 0.717) is 24.2 Å². The quantitative estimate of drug-likeness (QED) is 0.865. The zero-order valence-electron chi connectivity index (χ0n) is 11.4. The van der Waals surface area contributed by atoms with Gasteiger partial charge < -0.3 is 5.32 Å². The average molecular weight is 283 g/mol. The Morgan fingerprint density at radius 2 is 2.21 bits per heavy atom. The Bertz CT molecular complexity index is 530. The van der Waals surface area contributed by atoms with Gasteiger partial charge in [0.25, 0.3) is 0 Å². The summed E-state index contributed by atoms with van der Waals surface area (Å²) >= 11 is 0. The van der Waals surface area contributed by atoms with Crippen molar-refractivity contribution in [2.45, 2.75) is 31.1 Å². The van der Waals surface area contributed by atoms with E-state index in [0.717, 1.165) is 12.8 Å². The highest BCUT2D eigenvalue weighted by Crippen LogP contribution is 2.29. The van der Waals surface area contributed by atoms with Crippen LogP contribution in [0.3, 0.4) is 0 Å². The van der Waals surface area contributed by atoms with E-state index in [-0.39, 0.29) is 4.90 Å². The minimum absolute atomic E-state index is 0.262. The van der Waals surface area contributed by atoms with Gasteiger partial charge in [-0.25, -0.2) is 18.1 Å². The van der Waals surface area contributed by atoms with E-state index in [1.165, 1.54) is 18.7 Å². The Balaban J connectivity index is 2.01. The lowest BCUT2D eigenvalue weighted by molar-refractivity contribution is 0.498. The van der Waals surface area contributed by atoms with E-state index >= 15 is 0 Å². The molecule has 0 amide bonds. The lowest BCUT2D eigenvalue weighted by Gasteiger charge is -2.12. The van der Waals surface area contributed by atoms with E-state index in [2.05, 4.69) is 21.9 Å². The summed E-state index contributed by atoms with van der Waals surface area (Å²) in [5.74, 6) is 1.74. The molecule has 1 saturated carbocycles. The van der Waals surface area contributed by atoms with Crippen LogP contribution in [0.1, 0.15) is 26.2 Å². The Morgan fingerprint density at radius 3 is 2.84 bits per heavy atom. The second-order valence-electron chi connectivity index (χ2n) is 5.26. The van der Waals surface area contributed by atoms with Crippen LogP contribution in [0.2, 0.25) is 0 Å². The normalized spacial score (nSPS) is 23.5. The molecule has 2 rings (SSSR count). The third-order valence-electron chi connectivity index (χ3n) is 3.66. The van der Waals surface area contributed by atoms with Crippen LogP contribution in [0.15, 0.2) is 23.2 Å². The van der Waals surface area contributed by atoms with E-state index < -0.39 is 10.0 Å².